The number of hydrogen-bond donors (Lipinski definition) is 0. The second-order valence-electron chi connectivity index (χ2n) is 6.29. The number of halogens is 1. The normalized spacial score (nSPS) is 10.8. The summed E-state index contributed by atoms with van der Waals surface area (Å²) in [5.41, 5.74) is 2.91. The van der Waals surface area contributed by atoms with Gasteiger partial charge in [0.2, 0.25) is 0 Å². The Morgan fingerprint density at radius 1 is 1.14 bits per heavy atom. The smallest absolute Gasteiger partial charge is 0.195 e. The van der Waals surface area contributed by atoms with Gasteiger partial charge in [0.15, 0.2) is 5.78 Å². The molecule has 0 aliphatic carbocycles. The van der Waals surface area contributed by atoms with Crippen LogP contribution in [0, 0.1) is 0 Å². The molecule has 0 N–H and O–H groups in total. The van der Waals surface area contributed by atoms with Crippen LogP contribution in [0.25, 0.3) is 6.08 Å². The number of benzene rings is 2. The molecule has 148 valence electrons. The van der Waals surface area contributed by atoms with Crippen LogP contribution in [0.4, 0.5) is 0 Å². The molecule has 0 aliphatic heterocycles. The predicted octanol–water partition coefficient (Wildman–Crippen LogP) is 6.72. The molecular formula is C24H21BrO3S. The van der Waals surface area contributed by atoms with Gasteiger partial charge in [0.25, 0.3) is 0 Å². The van der Waals surface area contributed by atoms with Gasteiger partial charge in [0, 0.05) is 15.4 Å². The van der Waals surface area contributed by atoms with Crippen LogP contribution in [0.2, 0.25) is 0 Å². The standard InChI is InChI=1S/C24H21BrO3S/c1-3-6-18-7-4-5-8-23(18)28-15-19-13-17(10-12-22(19)27-2)9-11-21(26)24-14-20(25)16-29-24/h3-5,7-14,16H,1,6,15H2,2H3/b11-9+. The molecule has 0 bridgehead atoms. The number of ketones is 1. The molecule has 0 atom stereocenters. The van der Waals surface area contributed by atoms with Crippen molar-refractivity contribution in [3.63, 3.8) is 0 Å². The van der Waals surface area contributed by atoms with E-state index < -0.39 is 0 Å². The summed E-state index contributed by atoms with van der Waals surface area (Å²) in [6.07, 6.45) is 6.00. The first kappa shape index (κ1) is 21.1. The third kappa shape index (κ3) is 5.68. The van der Waals surface area contributed by atoms with Crippen molar-refractivity contribution >= 4 is 39.1 Å². The highest BCUT2D eigenvalue weighted by atomic mass is 79.9. The lowest BCUT2D eigenvalue weighted by atomic mass is 10.1. The summed E-state index contributed by atoms with van der Waals surface area (Å²) in [6.45, 7) is 4.17. The Morgan fingerprint density at radius 2 is 1.97 bits per heavy atom. The van der Waals surface area contributed by atoms with Gasteiger partial charge >= 0.3 is 0 Å². The zero-order valence-corrected chi connectivity index (χ0v) is 18.5. The van der Waals surface area contributed by atoms with Gasteiger partial charge in [-0.05, 0) is 63.8 Å². The van der Waals surface area contributed by atoms with Crippen LogP contribution in [-0.2, 0) is 13.0 Å². The maximum absolute atomic E-state index is 12.3. The minimum atomic E-state index is -0.0207. The maximum Gasteiger partial charge on any atom is 0.195 e. The molecule has 0 saturated heterocycles. The molecule has 3 rings (SSSR count). The average molecular weight is 469 g/mol. The number of thiophene rings is 1. The second-order valence-corrected chi connectivity index (χ2v) is 8.11. The Balaban J connectivity index is 1.76. The fourth-order valence-corrected chi connectivity index (χ4v) is 4.18. The summed E-state index contributed by atoms with van der Waals surface area (Å²) in [4.78, 5) is 13.0. The van der Waals surface area contributed by atoms with Gasteiger partial charge in [-0.25, -0.2) is 0 Å². The number of carbonyl (C=O) groups excluding carboxylic acids is 1. The zero-order valence-electron chi connectivity index (χ0n) is 16.1. The lowest BCUT2D eigenvalue weighted by Gasteiger charge is -2.13. The summed E-state index contributed by atoms with van der Waals surface area (Å²) in [5.74, 6) is 1.55. The molecule has 0 saturated carbocycles. The van der Waals surface area contributed by atoms with Crippen LogP contribution in [0.1, 0.15) is 26.4 Å². The van der Waals surface area contributed by atoms with Crippen molar-refractivity contribution in [1.29, 1.82) is 0 Å². The van der Waals surface area contributed by atoms with Crippen molar-refractivity contribution in [3.05, 3.63) is 98.7 Å². The molecule has 0 unspecified atom stereocenters. The molecule has 3 aromatic rings. The summed E-state index contributed by atoms with van der Waals surface area (Å²) in [5, 5.41) is 1.90. The Bertz CT molecular complexity index is 1040. The molecule has 1 aromatic heterocycles. The van der Waals surface area contributed by atoms with E-state index in [-0.39, 0.29) is 5.78 Å². The summed E-state index contributed by atoms with van der Waals surface area (Å²) < 4.78 is 12.4. The van der Waals surface area contributed by atoms with Gasteiger partial charge in [0.05, 0.1) is 12.0 Å². The molecule has 3 nitrogen and oxygen atoms in total. The summed E-state index contributed by atoms with van der Waals surface area (Å²) in [7, 11) is 1.64. The molecular weight excluding hydrogens is 448 g/mol. The summed E-state index contributed by atoms with van der Waals surface area (Å²) >= 11 is 4.79. The highest BCUT2D eigenvalue weighted by molar-refractivity contribution is 9.10. The first-order valence-corrected chi connectivity index (χ1v) is 10.7. The van der Waals surface area contributed by atoms with Crippen molar-refractivity contribution in [3.8, 4) is 11.5 Å². The number of rotatable bonds is 9. The van der Waals surface area contributed by atoms with Crippen molar-refractivity contribution in [2.75, 3.05) is 7.11 Å². The quantitative estimate of drug-likeness (QED) is 0.198. The van der Waals surface area contributed by atoms with Crippen LogP contribution in [0.15, 0.2) is 77.1 Å². The Hall–Kier alpha value is -2.63. The fraction of sp³-hybridized carbons (Fsp3) is 0.125. The van der Waals surface area contributed by atoms with Crippen LogP contribution < -0.4 is 9.47 Å². The van der Waals surface area contributed by atoms with Gasteiger partial charge < -0.3 is 9.47 Å². The number of hydrogen-bond acceptors (Lipinski definition) is 4. The number of allylic oxidation sites excluding steroid dienone is 2. The van der Waals surface area contributed by atoms with Crippen molar-refractivity contribution in [2.45, 2.75) is 13.0 Å². The van der Waals surface area contributed by atoms with Gasteiger partial charge in [0.1, 0.15) is 18.1 Å². The highest BCUT2D eigenvalue weighted by Crippen LogP contribution is 2.26. The van der Waals surface area contributed by atoms with E-state index >= 15 is 0 Å². The molecule has 0 radical (unpaired) electrons. The minimum absolute atomic E-state index is 0.0207. The van der Waals surface area contributed by atoms with E-state index in [2.05, 4.69) is 22.5 Å². The second kappa shape index (κ2) is 10.2. The van der Waals surface area contributed by atoms with Crippen LogP contribution in [0.3, 0.4) is 0 Å². The highest BCUT2D eigenvalue weighted by Gasteiger charge is 2.08. The van der Waals surface area contributed by atoms with Gasteiger partial charge in [-0.1, -0.05) is 36.4 Å². The van der Waals surface area contributed by atoms with E-state index in [0.29, 0.717) is 11.5 Å². The molecule has 5 heteroatoms. The lowest BCUT2D eigenvalue weighted by Crippen LogP contribution is -2.01. The molecule has 0 amide bonds. The fourth-order valence-electron chi connectivity index (χ4n) is 2.84. The first-order valence-electron chi connectivity index (χ1n) is 9.05. The van der Waals surface area contributed by atoms with Crippen molar-refractivity contribution in [2.24, 2.45) is 0 Å². The van der Waals surface area contributed by atoms with E-state index in [1.807, 2.05) is 66.1 Å². The Kier molecular flexibility index (Phi) is 7.44. The molecule has 0 fully saturated rings. The van der Waals surface area contributed by atoms with Gasteiger partial charge in [-0.15, -0.1) is 17.9 Å². The van der Waals surface area contributed by atoms with E-state index in [4.69, 9.17) is 9.47 Å². The molecule has 29 heavy (non-hydrogen) atoms. The molecule has 0 aliphatic rings. The van der Waals surface area contributed by atoms with Gasteiger partial charge in [-0.2, -0.15) is 0 Å². The SMILES string of the molecule is C=CCc1ccccc1OCc1cc(/C=C/C(=O)c2cc(Br)cs2)ccc1OC. The molecule has 0 spiro atoms. The van der Waals surface area contributed by atoms with E-state index in [9.17, 15) is 4.79 Å². The number of ether oxygens (including phenoxy) is 2. The predicted molar refractivity (Wildman–Crippen MR) is 123 cm³/mol. The number of para-hydroxylation sites is 1. The van der Waals surface area contributed by atoms with E-state index in [1.54, 1.807) is 13.2 Å². The third-order valence-corrected chi connectivity index (χ3v) is 5.97. The van der Waals surface area contributed by atoms with E-state index in [1.165, 1.54) is 11.3 Å². The Labute approximate surface area is 183 Å². The van der Waals surface area contributed by atoms with Gasteiger partial charge in [-0.3, -0.25) is 4.79 Å². The largest absolute Gasteiger partial charge is 0.496 e. The van der Waals surface area contributed by atoms with Crippen molar-refractivity contribution < 1.29 is 14.3 Å². The average Bonchev–Trinajstić information content (AvgIpc) is 3.18. The monoisotopic (exact) mass is 468 g/mol. The molecule has 1 heterocycles. The van der Waals surface area contributed by atoms with Crippen molar-refractivity contribution in [1.82, 2.24) is 0 Å². The zero-order chi connectivity index (χ0) is 20.6. The lowest BCUT2D eigenvalue weighted by molar-refractivity contribution is 0.105. The van der Waals surface area contributed by atoms with E-state index in [0.717, 1.165) is 39.1 Å². The van der Waals surface area contributed by atoms with Crippen LogP contribution in [0.5, 0.6) is 11.5 Å². The maximum atomic E-state index is 12.3. The number of carbonyl (C=O) groups is 1. The summed E-state index contributed by atoms with van der Waals surface area (Å²) in [6, 6.07) is 15.5. The first-order chi connectivity index (χ1) is 14.1. The Morgan fingerprint density at radius 3 is 2.69 bits per heavy atom. The number of methoxy groups -OCH3 is 1. The third-order valence-electron chi connectivity index (χ3n) is 4.26. The van der Waals surface area contributed by atoms with Crippen LogP contribution in [-0.4, -0.2) is 12.9 Å². The minimum Gasteiger partial charge on any atom is -0.496 e. The molecule has 2 aromatic carbocycles. The topological polar surface area (TPSA) is 35.5 Å². The van der Waals surface area contributed by atoms with Crippen LogP contribution >= 0.6 is 27.3 Å².